The van der Waals surface area contributed by atoms with Crippen molar-refractivity contribution in [3.05, 3.63) is 59.2 Å². The first-order chi connectivity index (χ1) is 14.1. The van der Waals surface area contributed by atoms with Crippen LogP contribution in [0.5, 0.6) is 0 Å². The molecule has 148 valence electrons. The number of hydrogen-bond acceptors (Lipinski definition) is 4. The van der Waals surface area contributed by atoms with E-state index in [4.69, 9.17) is 4.98 Å². The zero-order valence-electron chi connectivity index (χ0n) is 16.2. The van der Waals surface area contributed by atoms with E-state index in [9.17, 15) is 9.18 Å². The predicted octanol–water partition coefficient (Wildman–Crippen LogP) is 3.06. The predicted molar refractivity (Wildman–Crippen MR) is 106 cm³/mol. The van der Waals surface area contributed by atoms with Gasteiger partial charge in [-0.15, -0.1) is 0 Å². The highest BCUT2D eigenvalue weighted by Crippen LogP contribution is 2.64. The fourth-order valence-corrected chi connectivity index (χ4v) is 5.35. The van der Waals surface area contributed by atoms with Gasteiger partial charge in [0.1, 0.15) is 17.2 Å². The lowest BCUT2D eigenvalue weighted by molar-refractivity contribution is 0.0940. The molecule has 1 amide bonds. The van der Waals surface area contributed by atoms with Gasteiger partial charge in [-0.1, -0.05) is 6.07 Å². The molecule has 0 radical (unpaired) electrons. The number of piperidine rings is 1. The first-order valence-corrected chi connectivity index (χ1v) is 10.3. The molecule has 6 rings (SSSR count). The lowest BCUT2D eigenvalue weighted by atomic mass is 9.92. The van der Waals surface area contributed by atoms with Crippen molar-refractivity contribution in [2.45, 2.75) is 44.2 Å². The molecular weight excluding hydrogens is 369 g/mol. The molecule has 7 heteroatoms. The van der Waals surface area contributed by atoms with E-state index in [1.807, 2.05) is 25.3 Å². The minimum atomic E-state index is -0.192. The summed E-state index contributed by atoms with van der Waals surface area (Å²) in [6, 6.07) is 7.14. The Hall–Kier alpha value is -2.96. The van der Waals surface area contributed by atoms with Crippen molar-refractivity contribution in [1.82, 2.24) is 19.9 Å². The van der Waals surface area contributed by atoms with E-state index >= 15 is 0 Å². The second-order valence-corrected chi connectivity index (χ2v) is 8.59. The van der Waals surface area contributed by atoms with Crippen LogP contribution in [-0.4, -0.2) is 33.1 Å². The highest BCUT2D eigenvalue weighted by Gasteiger charge is 2.64. The van der Waals surface area contributed by atoms with Crippen LogP contribution in [0.3, 0.4) is 0 Å². The van der Waals surface area contributed by atoms with Gasteiger partial charge < -0.3 is 10.2 Å². The first kappa shape index (κ1) is 16.9. The molecule has 1 aliphatic carbocycles. The summed E-state index contributed by atoms with van der Waals surface area (Å²) in [6.45, 7) is 2.89. The van der Waals surface area contributed by atoms with E-state index in [0.717, 1.165) is 43.6 Å². The maximum absolute atomic E-state index is 14.3. The second-order valence-electron chi connectivity index (χ2n) is 8.59. The van der Waals surface area contributed by atoms with Crippen LogP contribution in [0.1, 0.15) is 47.7 Å². The minimum Gasteiger partial charge on any atom is -0.349 e. The normalized spacial score (nSPS) is 28.1. The number of carbonyl (C=O) groups is 1. The summed E-state index contributed by atoms with van der Waals surface area (Å²) in [5.41, 5.74) is 3.13. The molecule has 0 unspecified atom stereocenters. The molecule has 1 N–H and O–H groups in total. The van der Waals surface area contributed by atoms with Gasteiger partial charge in [0.05, 0.1) is 11.7 Å². The third kappa shape index (κ3) is 2.36. The third-order valence-electron chi connectivity index (χ3n) is 6.89. The van der Waals surface area contributed by atoms with Crippen LogP contribution in [0.4, 0.5) is 10.2 Å². The van der Waals surface area contributed by atoms with Crippen LogP contribution in [-0.2, 0) is 12.0 Å². The number of aromatic nitrogens is 3. The number of amides is 1. The Morgan fingerprint density at radius 3 is 3.03 bits per heavy atom. The van der Waals surface area contributed by atoms with Crippen molar-refractivity contribution in [3.8, 4) is 0 Å². The molecule has 2 bridgehead atoms. The van der Waals surface area contributed by atoms with Crippen molar-refractivity contribution in [1.29, 1.82) is 0 Å². The van der Waals surface area contributed by atoms with Gasteiger partial charge in [0.15, 0.2) is 5.65 Å². The molecule has 2 aliphatic heterocycles. The summed E-state index contributed by atoms with van der Waals surface area (Å²) >= 11 is 0. The van der Waals surface area contributed by atoms with E-state index in [-0.39, 0.29) is 23.3 Å². The summed E-state index contributed by atoms with van der Waals surface area (Å²) in [5.74, 6) is 1.00. The summed E-state index contributed by atoms with van der Waals surface area (Å²) in [5, 5.41) is 7.36. The van der Waals surface area contributed by atoms with E-state index in [1.54, 1.807) is 22.8 Å². The Bertz CT molecular complexity index is 1160. The molecule has 2 fully saturated rings. The molecule has 6 nitrogen and oxygen atoms in total. The zero-order chi connectivity index (χ0) is 19.8. The maximum atomic E-state index is 14.3. The Kier molecular flexibility index (Phi) is 3.38. The molecule has 1 saturated carbocycles. The summed E-state index contributed by atoms with van der Waals surface area (Å²) in [4.78, 5) is 20.0. The van der Waals surface area contributed by atoms with Crippen molar-refractivity contribution in [2.75, 3.05) is 11.4 Å². The van der Waals surface area contributed by atoms with Crippen LogP contribution in [0.25, 0.3) is 5.65 Å². The minimum absolute atomic E-state index is 0.00790. The van der Waals surface area contributed by atoms with Gasteiger partial charge in [-0.2, -0.15) is 5.10 Å². The molecule has 29 heavy (non-hydrogen) atoms. The van der Waals surface area contributed by atoms with Crippen LogP contribution in [0.15, 0.2) is 36.7 Å². The number of hydrogen-bond donors (Lipinski definition) is 1. The molecule has 1 saturated heterocycles. The van der Waals surface area contributed by atoms with Gasteiger partial charge in [0.25, 0.3) is 5.91 Å². The standard InChI is InChI=1S/C22H22FN5O/c1-13-2-3-14-4-5-16(23)10-18(14)22-11-15(22)6-8-27(22)19-7-9-28-20(26-19)17(12-24-28)21(29)25-13/h4-5,7,9-10,12-13,15H,2-3,6,8,11H2,1H3,(H,25,29)/t13-,15-,22+/m0/s1. The number of anilines is 1. The highest BCUT2D eigenvalue weighted by molar-refractivity contribution is 5.99. The lowest BCUT2D eigenvalue weighted by Gasteiger charge is -2.31. The van der Waals surface area contributed by atoms with Gasteiger partial charge in [0.2, 0.25) is 0 Å². The fourth-order valence-electron chi connectivity index (χ4n) is 5.35. The number of nitrogens with one attached hydrogen (secondary N) is 1. The smallest absolute Gasteiger partial charge is 0.256 e. The Balaban J connectivity index is 1.57. The van der Waals surface area contributed by atoms with Crippen LogP contribution >= 0.6 is 0 Å². The number of benzene rings is 1. The van der Waals surface area contributed by atoms with Crippen molar-refractivity contribution >= 4 is 17.4 Å². The lowest BCUT2D eigenvalue weighted by Crippen LogP contribution is -2.34. The molecule has 2 aromatic heterocycles. The Morgan fingerprint density at radius 2 is 2.17 bits per heavy atom. The molecule has 1 spiro atoms. The topological polar surface area (TPSA) is 62.5 Å². The van der Waals surface area contributed by atoms with Crippen molar-refractivity contribution in [3.63, 3.8) is 0 Å². The molecule has 3 aliphatic rings. The fraction of sp³-hybridized carbons (Fsp3) is 0.409. The number of carbonyl (C=O) groups excluding carboxylic acids is 1. The quantitative estimate of drug-likeness (QED) is 0.640. The van der Waals surface area contributed by atoms with Crippen LogP contribution in [0.2, 0.25) is 0 Å². The molecule has 3 atom stereocenters. The van der Waals surface area contributed by atoms with Crippen molar-refractivity contribution < 1.29 is 9.18 Å². The van der Waals surface area contributed by atoms with Crippen LogP contribution in [0, 0.1) is 11.7 Å². The SMILES string of the molecule is C[C@H]1CCc2ccc(F)cc2[C@@]23C[C@@H]2CCN3c2ccn3ncc(c3n2)C(=O)N1. The average Bonchev–Trinajstić information content (AvgIpc) is 3.09. The Morgan fingerprint density at radius 1 is 1.28 bits per heavy atom. The third-order valence-corrected chi connectivity index (χ3v) is 6.89. The second kappa shape index (κ2) is 5.78. The summed E-state index contributed by atoms with van der Waals surface area (Å²) in [6.07, 6.45) is 7.13. The van der Waals surface area contributed by atoms with Gasteiger partial charge in [0, 0.05) is 18.8 Å². The van der Waals surface area contributed by atoms with E-state index in [2.05, 4.69) is 15.3 Å². The van der Waals surface area contributed by atoms with E-state index in [1.165, 1.54) is 5.56 Å². The van der Waals surface area contributed by atoms with Gasteiger partial charge in [-0.25, -0.2) is 13.9 Å². The van der Waals surface area contributed by atoms with E-state index in [0.29, 0.717) is 17.1 Å². The molecule has 3 aromatic rings. The number of aryl methyl sites for hydroxylation is 1. The number of halogens is 1. The van der Waals surface area contributed by atoms with Gasteiger partial charge >= 0.3 is 0 Å². The largest absolute Gasteiger partial charge is 0.349 e. The monoisotopic (exact) mass is 391 g/mol. The average molecular weight is 391 g/mol. The molecule has 1 aromatic carbocycles. The maximum Gasteiger partial charge on any atom is 0.256 e. The van der Waals surface area contributed by atoms with Crippen molar-refractivity contribution in [2.24, 2.45) is 5.92 Å². The molecular formula is C22H22FN5O. The number of fused-ring (bicyclic) bond motifs is 3. The Labute approximate surface area is 167 Å². The summed E-state index contributed by atoms with van der Waals surface area (Å²) < 4.78 is 15.9. The van der Waals surface area contributed by atoms with E-state index < -0.39 is 0 Å². The highest BCUT2D eigenvalue weighted by atomic mass is 19.1. The number of rotatable bonds is 0. The van der Waals surface area contributed by atoms with Gasteiger partial charge in [-0.05, 0) is 67.9 Å². The first-order valence-electron chi connectivity index (χ1n) is 10.3. The van der Waals surface area contributed by atoms with Gasteiger partial charge in [-0.3, -0.25) is 4.79 Å². The molecule has 4 heterocycles. The number of nitrogens with zero attached hydrogens (tertiary/aromatic N) is 4. The van der Waals surface area contributed by atoms with Crippen LogP contribution < -0.4 is 10.2 Å². The summed E-state index contributed by atoms with van der Waals surface area (Å²) in [7, 11) is 0. The zero-order valence-corrected chi connectivity index (χ0v) is 16.2.